The molecule has 0 spiro atoms. The van der Waals surface area contributed by atoms with E-state index < -0.39 is 35.0 Å². The summed E-state index contributed by atoms with van der Waals surface area (Å²) < 4.78 is 10.9. The topological polar surface area (TPSA) is 69.7 Å². The summed E-state index contributed by atoms with van der Waals surface area (Å²) in [7, 11) is 2.76. The second kappa shape index (κ2) is 8.90. The van der Waals surface area contributed by atoms with E-state index in [0.717, 1.165) is 0 Å². The Morgan fingerprint density at radius 2 is 1.21 bits per heavy atom. The van der Waals surface area contributed by atoms with Crippen LogP contribution in [0.4, 0.5) is 0 Å². The molecule has 2 aromatic carbocycles. The molecule has 0 aromatic heterocycles. The Hall–Kier alpha value is -3.15. The van der Waals surface area contributed by atoms with Crippen LogP contribution in [0.3, 0.4) is 0 Å². The van der Waals surface area contributed by atoms with Gasteiger partial charge in [0, 0.05) is 14.2 Å². The highest BCUT2D eigenvalue weighted by Gasteiger charge is 2.54. The van der Waals surface area contributed by atoms with Crippen LogP contribution < -0.4 is 0 Å². The van der Waals surface area contributed by atoms with Gasteiger partial charge >= 0.3 is 0 Å². The summed E-state index contributed by atoms with van der Waals surface area (Å²) in [6.07, 6.45) is 3.49. The molecule has 1 aliphatic carbocycles. The lowest BCUT2D eigenvalue weighted by atomic mass is 9.68. The summed E-state index contributed by atoms with van der Waals surface area (Å²) in [6, 6.07) is 17.6. The van der Waals surface area contributed by atoms with Crippen LogP contribution in [0.2, 0.25) is 0 Å². The van der Waals surface area contributed by atoms with E-state index in [9.17, 15) is 14.4 Å². The lowest BCUT2D eigenvalue weighted by Gasteiger charge is -2.32. The Labute approximate surface area is 169 Å². The van der Waals surface area contributed by atoms with Gasteiger partial charge in [-0.25, -0.2) is 0 Å². The maximum atomic E-state index is 13.6. The molecule has 0 N–H and O–H groups in total. The van der Waals surface area contributed by atoms with Crippen LogP contribution in [0, 0.1) is 5.41 Å². The van der Waals surface area contributed by atoms with Gasteiger partial charge in [-0.2, -0.15) is 0 Å². The van der Waals surface area contributed by atoms with Crippen molar-refractivity contribution in [2.75, 3.05) is 14.2 Å². The van der Waals surface area contributed by atoms with Crippen molar-refractivity contribution in [2.45, 2.75) is 12.2 Å². The number of carbonyl (C=O) groups is 3. The summed E-state index contributed by atoms with van der Waals surface area (Å²) in [5, 5.41) is 0. The first-order chi connectivity index (χ1) is 14.1. The first kappa shape index (κ1) is 20.6. The Kier molecular flexibility index (Phi) is 6.32. The monoisotopic (exact) mass is 390 g/mol. The molecule has 5 nitrogen and oxygen atoms in total. The van der Waals surface area contributed by atoms with E-state index in [1.54, 1.807) is 48.5 Å². The van der Waals surface area contributed by atoms with Crippen LogP contribution in [0.1, 0.15) is 23.3 Å². The Morgan fingerprint density at radius 3 is 1.59 bits per heavy atom. The van der Waals surface area contributed by atoms with E-state index in [4.69, 9.17) is 9.47 Å². The molecule has 29 heavy (non-hydrogen) atoms. The fraction of sp³-hybridized carbons (Fsp3) is 0.208. The molecule has 1 aliphatic rings. The largest absolute Gasteiger partial charge is 0.369 e. The van der Waals surface area contributed by atoms with E-state index in [0.29, 0.717) is 11.1 Å². The average Bonchev–Trinajstić information content (AvgIpc) is 2.76. The quantitative estimate of drug-likeness (QED) is 0.645. The number of allylic oxidation sites excluding steroid dienone is 4. The van der Waals surface area contributed by atoms with Crippen molar-refractivity contribution in [3.05, 3.63) is 96.1 Å². The average molecular weight is 390 g/mol. The number of rotatable bonds is 8. The number of ketones is 3. The zero-order chi connectivity index (χ0) is 20.9. The molecule has 2 aromatic rings. The number of hydrogen-bond acceptors (Lipinski definition) is 5. The first-order valence-corrected chi connectivity index (χ1v) is 9.20. The number of carbonyl (C=O) groups excluding carboxylic acids is 3. The van der Waals surface area contributed by atoms with Crippen LogP contribution in [-0.2, 0) is 23.9 Å². The van der Waals surface area contributed by atoms with Gasteiger partial charge < -0.3 is 9.47 Å². The SMILES string of the molecule is COC(C(=O)C1(C(=O)C(OC)c2ccccc2)C=CC=CC1=O)c1ccccc1. The zero-order valence-electron chi connectivity index (χ0n) is 16.3. The molecule has 0 heterocycles. The summed E-state index contributed by atoms with van der Waals surface area (Å²) >= 11 is 0. The molecule has 0 bridgehead atoms. The van der Waals surface area contributed by atoms with Gasteiger partial charge in [-0.1, -0.05) is 78.9 Å². The van der Waals surface area contributed by atoms with Crippen molar-refractivity contribution in [1.82, 2.24) is 0 Å². The second-order valence-electron chi connectivity index (χ2n) is 6.67. The van der Waals surface area contributed by atoms with Crippen molar-refractivity contribution in [3.63, 3.8) is 0 Å². The number of hydrogen-bond donors (Lipinski definition) is 0. The molecular weight excluding hydrogens is 368 g/mol. The minimum atomic E-state index is -2.03. The van der Waals surface area contributed by atoms with Crippen LogP contribution in [0.15, 0.2) is 85.0 Å². The molecule has 0 saturated carbocycles. The zero-order valence-corrected chi connectivity index (χ0v) is 16.3. The van der Waals surface area contributed by atoms with Crippen LogP contribution >= 0.6 is 0 Å². The smallest absolute Gasteiger partial charge is 0.191 e. The minimum absolute atomic E-state index is 0.566. The van der Waals surface area contributed by atoms with Crippen molar-refractivity contribution in [3.8, 4) is 0 Å². The maximum Gasteiger partial charge on any atom is 0.191 e. The maximum absolute atomic E-state index is 13.6. The summed E-state index contributed by atoms with van der Waals surface area (Å²) in [5.41, 5.74) is -0.893. The van der Waals surface area contributed by atoms with Gasteiger partial charge in [0.1, 0.15) is 12.2 Å². The molecule has 0 aliphatic heterocycles. The predicted molar refractivity (Wildman–Crippen MR) is 108 cm³/mol. The number of Topliss-reactive ketones (excluding diaryl/α,β-unsaturated/α-hetero) is 2. The lowest BCUT2D eigenvalue weighted by Crippen LogP contribution is -2.49. The number of ether oxygens (including phenoxy) is 2. The fourth-order valence-electron chi connectivity index (χ4n) is 3.54. The van der Waals surface area contributed by atoms with Crippen LogP contribution in [0.5, 0.6) is 0 Å². The standard InChI is InChI=1S/C24H22O5/c1-28-20(17-11-5-3-6-12-17)22(26)24(16-10-9-15-19(24)25)23(27)21(29-2)18-13-7-4-8-14-18/h3-16,20-21H,1-2H3. The Morgan fingerprint density at radius 1 is 0.759 bits per heavy atom. The lowest BCUT2D eigenvalue weighted by molar-refractivity contribution is -0.154. The molecule has 0 fully saturated rings. The van der Waals surface area contributed by atoms with Gasteiger partial charge in [0.15, 0.2) is 22.8 Å². The van der Waals surface area contributed by atoms with Crippen molar-refractivity contribution >= 4 is 17.3 Å². The third-order valence-corrected chi connectivity index (χ3v) is 5.02. The summed E-state index contributed by atoms with van der Waals surface area (Å²) in [5.74, 6) is -1.88. The minimum Gasteiger partial charge on any atom is -0.369 e. The van der Waals surface area contributed by atoms with E-state index in [2.05, 4.69) is 0 Å². The van der Waals surface area contributed by atoms with Gasteiger partial charge in [0.2, 0.25) is 0 Å². The van der Waals surface area contributed by atoms with Gasteiger partial charge in [0.25, 0.3) is 0 Å². The normalized spacial score (nSPS) is 20.3. The van der Waals surface area contributed by atoms with Gasteiger partial charge in [-0.15, -0.1) is 0 Å². The highest BCUT2D eigenvalue weighted by Crippen LogP contribution is 2.39. The Balaban J connectivity index is 2.10. The molecule has 0 amide bonds. The summed E-state index contributed by atoms with van der Waals surface area (Å²) in [6.45, 7) is 0. The molecule has 0 saturated heterocycles. The molecule has 2 unspecified atom stereocenters. The van der Waals surface area contributed by atoms with Gasteiger partial charge in [-0.05, 0) is 17.2 Å². The first-order valence-electron chi connectivity index (χ1n) is 9.20. The van der Waals surface area contributed by atoms with Crippen LogP contribution in [0.25, 0.3) is 0 Å². The van der Waals surface area contributed by atoms with E-state index in [1.165, 1.54) is 38.5 Å². The van der Waals surface area contributed by atoms with E-state index in [1.807, 2.05) is 12.1 Å². The molecule has 0 radical (unpaired) electrons. The van der Waals surface area contributed by atoms with Gasteiger partial charge in [-0.3, -0.25) is 14.4 Å². The molecule has 148 valence electrons. The van der Waals surface area contributed by atoms with Gasteiger partial charge in [0.05, 0.1) is 0 Å². The fourth-order valence-corrected chi connectivity index (χ4v) is 3.54. The number of benzene rings is 2. The van der Waals surface area contributed by atoms with Crippen molar-refractivity contribution in [2.24, 2.45) is 5.41 Å². The third kappa shape index (κ3) is 3.75. The number of methoxy groups -OCH3 is 2. The van der Waals surface area contributed by atoms with Crippen LogP contribution in [-0.4, -0.2) is 31.6 Å². The molecule has 2 atom stereocenters. The molecule has 5 heteroatoms. The highest BCUT2D eigenvalue weighted by molar-refractivity contribution is 6.31. The van der Waals surface area contributed by atoms with Crippen molar-refractivity contribution in [1.29, 1.82) is 0 Å². The highest BCUT2D eigenvalue weighted by atomic mass is 16.5. The molecular formula is C24H22O5. The Bertz CT molecular complexity index is 884. The second-order valence-corrected chi connectivity index (χ2v) is 6.67. The van der Waals surface area contributed by atoms with E-state index in [-0.39, 0.29) is 0 Å². The molecule has 3 rings (SSSR count). The third-order valence-electron chi connectivity index (χ3n) is 5.02. The summed E-state index contributed by atoms with van der Waals surface area (Å²) in [4.78, 5) is 40.3. The van der Waals surface area contributed by atoms with E-state index >= 15 is 0 Å². The predicted octanol–water partition coefficient (Wildman–Crippen LogP) is 3.58. The van der Waals surface area contributed by atoms with Crippen molar-refractivity contribution < 1.29 is 23.9 Å².